The Labute approximate surface area is 267 Å². The van der Waals surface area contributed by atoms with Crippen molar-refractivity contribution >= 4 is 35.6 Å². The van der Waals surface area contributed by atoms with Gasteiger partial charge in [0.25, 0.3) is 5.69 Å². The van der Waals surface area contributed by atoms with Gasteiger partial charge in [-0.15, -0.1) is 0 Å². The highest BCUT2D eigenvalue weighted by molar-refractivity contribution is 5.75. The van der Waals surface area contributed by atoms with E-state index in [1.807, 2.05) is 0 Å². The number of carbonyl (C=O) groups excluding carboxylic acids is 4. The molecule has 0 radical (unpaired) electrons. The van der Waals surface area contributed by atoms with E-state index in [1.54, 1.807) is 20.8 Å². The number of non-ortho nitro benzene ring substituents is 1. The van der Waals surface area contributed by atoms with Crippen LogP contribution < -0.4 is 14.8 Å². The van der Waals surface area contributed by atoms with Gasteiger partial charge in [0, 0.05) is 43.5 Å². The smallest absolute Gasteiger partial charge is 0.467 e. The quantitative estimate of drug-likeness (QED) is 0.116. The molecule has 0 spiro atoms. The fourth-order valence-corrected chi connectivity index (χ4v) is 4.24. The fourth-order valence-electron chi connectivity index (χ4n) is 4.24. The first-order valence-corrected chi connectivity index (χ1v) is 14.0. The van der Waals surface area contributed by atoms with E-state index in [2.05, 4.69) is 5.32 Å². The van der Waals surface area contributed by atoms with Crippen LogP contribution in [0, 0.1) is 20.2 Å². The number of hydrogen-bond donors (Lipinski definition) is 1. The van der Waals surface area contributed by atoms with Crippen LogP contribution in [-0.4, -0.2) is 71.8 Å². The summed E-state index contributed by atoms with van der Waals surface area (Å²) >= 11 is 0. The van der Waals surface area contributed by atoms with Crippen molar-refractivity contribution in [2.24, 2.45) is 0 Å². The summed E-state index contributed by atoms with van der Waals surface area (Å²) in [5, 5.41) is 25.4. The summed E-state index contributed by atoms with van der Waals surface area (Å²) in [6, 6.07) is 8.05. The molecule has 1 heterocycles. The monoisotopic (exact) mass is 663 g/mol. The molecule has 0 bridgehead atoms. The maximum atomic E-state index is 12.7. The molecule has 2 aromatic carbocycles. The normalized spacial score (nSPS) is 18.1. The van der Waals surface area contributed by atoms with Crippen molar-refractivity contribution in [3.05, 3.63) is 68.3 Å². The third kappa shape index (κ3) is 11.1. The summed E-state index contributed by atoms with van der Waals surface area (Å²) in [5.41, 5.74) is -1.70. The van der Waals surface area contributed by atoms with Crippen LogP contribution in [0.15, 0.2) is 42.5 Å². The first-order valence-electron chi connectivity index (χ1n) is 14.0. The van der Waals surface area contributed by atoms with E-state index in [9.17, 15) is 39.4 Å². The molecular formula is C29H33N3O15. The number of alkyl carbamates (subject to hydrolysis) is 1. The highest BCUT2D eigenvalue weighted by Crippen LogP contribution is 2.34. The van der Waals surface area contributed by atoms with Gasteiger partial charge in [0.15, 0.2) is 11.9 Å². The molecule has 1 aliphatic heterocycles. The summed E-state index contributed by atoms with van der Waals surface area (Å²) in [5.74, 6) is -1.78. The van der Waals surface area contributed by atoms with Gasteiger partial charge >= 0.3 is 29.9 Å². The topological polar surface area (TPSA) is 231 Å². The van der Waals surface area contributed by atoms with Crippen LogP contribution in [0.4, 0.5) is 21.0 Å². The molecule has 0 aromatic heterocycles. The summed E-state index contributed by atoms with van der Waals surface area (Å²) in [6.07, 6.45) is -6.88. The molecule has 47 heavy (non-hydrogen) atoms. The molecule has 1 saturated heterocycles. The summed E-state index contributed by atoms with van der Waals surface area (Å²) in [4.78, 5) is 70.3. The van der Waals surface area contributed by atoms with E-state index in [4.69, 9.17) is 33.2 Å². The van der Waals surface area contributed by atoms with Crippen LogP contribution in [0.25, 0.3) is 0 Å². The largest absolute Gasteiger partial charge is 0.514 e. The van der Waals surface area contributed by atoms with Crippen molar-refractivity contribution in [1.29, 1.82) is 0 Å². The number of esters is 2. The van der Waals surface area contributed by atoms with Gasteiger partial charge in [0.1, 0.15) is 23.6 Å². The predicted octanol–water partition coefficient (Wildman–Crippen LogP) is 4.27. The molecule has 2 aromatic rings. The predicted molar refractivity (Wildman–Crippen MR) is 156 cm³/mol. The molecule has 18 heteroatoms. The van der Waals surface area contributed by atoms with Crippen molar-refractivity contribution < 1.29 is 62.2 Å². The van der Waals surface area contributed by atoms with Crippen molar-refractivity contribution in [1.82, 2.24) is 5.32 Å². The van der Waals surface area contributed by atoms with Crippen LogP contribution in [0.1, 0.15) is 52.2 Å². The van der Waals surface area contributed by atoms with E-state index in [0.29, 0.717) is 0 Å². The Morgan fingerprint density at radius 2 is 1.70 bits per heavy atom. The van der Waals surface area contributed by atoms with Gasteiger partial charge in [-0.3, -0.25) is 25.0 Å². The number of nitrogens with zero attached hydrogens (tertiary/aromatic N) is 2. The van der Waals surface area contributed by atoms with Gasteiger partial charge in [-0.2, -0.15) is 0 Å². The number of rotatable bonds is 11. The zero-order valence-electron chi connectivity index (χ0n) is 26.0. The molecule has 254 valence electrons. The zero-order valence-corrected chi connectivity index (χ0v) is 26.0. The lowest BCUT2D eigenvalue weighted by atomic mass is 10.0. The van der Waals surface area contributed by atoms with E-state index >= 15 is 0 Å². The Morgan fingerprint density at radius 3 is 2.28 bits per heavy atom. The summed E-state index contributed by atoms with van der Waals surface area (Å²) in [6.45, 7) is 5.64. The number of carbonyl (C=O) groups is 4. The van der Waals surface area contributed by atoms with Gasteiger partial charge in [-0.1, -0.05) is 6.07 Å². The lowest BCUT2D eigenvalue weighted by Gasteiger charge is -2.33. The van der Waals surface area contributed by atoms with Crippen molar-refractivity contribution in [2.45, 2.75) is 70.7 Å². The summed E-state index contributed by atoms with van der Waals surface area (Å²) < 4.78 is 36.9. The number of hydrogen-bond acceptors (Lipinski definition) is 15. The minimum Gasteiger partial charge on any atom is -0.467 e. The molecule has 1 N–H and O–H groups in total. The minimum atomic E-state index is -1.37. The van der Waals surface area contributed by atoms with Crippen LogP contribution in [0.3, 0.4) is 0 Å². The second-order valence-corrected chi connectivity index (χ2v) is 11.0. The second kappa shape index (κ2) is 15.7. The van der Waals surface area contributed by atoms with E-state index in [-0.39, 0.29) is 35.6 Å². The van der Waals surface area contributed by atoms with Crippen LogP contribution in [0.5, 0.6) is 11.5 Å². The maximum Gasteiger partial charge on any atom is 0.514 e. The minimum absolute atomic E-state index is 0.0210. The number of methoxy groups -OCH3 is 1. The van der Waals surface area contributed by atoms with Crippen molar-refractivity contribution in [2.75, 3.05) is 13.7 Å². The van der Waals surface area contributed by atoms with Crippen LogP contribution in [-0.2, 0) is 33.3 Å². The number of nitro groups is 2. The average Bonchev–Trinajstić information content (AvgIpc) is 2.97. The first-order chi connectivity index (χ1) is 22.0. The maximum absolute atomic E-state index is 12.7. The van der Waals surface area contributed by atoms with Gasteiger partial charge in [-0.05, 0) is 39.0 Å². The molecule has 3 rings (SSSR count). The number of nitro benzene ring substituents is 2. The number of benzene rings is 2. The van der Waals surface area contributed by atoms with Crippen molar-refractivity contribution in [3.8, 4) is 11.5 Å². The van der Waals surface area contributed by atoms with E-state index in [1.165, 1.54) is 19.1 Å². The molecular weight excluding hydrogens is 630 g/mol. The Kier molecular flexibility index (Phi) is 12.0. The third-order valence-corrected chi connectivity index (χ3v) is 6.17. The third-order valence-electron chi connectivity index (χ3n) is 6.17. The average molecular weight is 664 g/mol. The molecule has 0 saturated carbocycles. The van der Waals surface area contributed by atoms with E-state index < -0.39 is 76.5 Å². The number of ether oxygens (including phenoxy) is 7. The second-order valence-electron chi connectivity index (χ2n) is 11.0. The number of nitrogens with one attached hydrogen (secondary N) is 1. The molecule has 0 aliphatic carbocycles. The Balaban J connectivity index is 1.86. The Morgan fingerprint density at radius 1 is 1.02 bits per heavy atom. The zero-order chi connectivity index (χ0) is 34.9. The SMILES string of the molecule is COC(=O)C1CC(OC(C)=O)CC(Oc2ccc(C(CNC(=O)OC(C)(C)C)OC(=O)Oc3ccc([N+](=O)[O-])cc3)cc2[N+](=O)[O-])O1. The molecule has 4 unspecified atom stereocenters. The van der Waals surface area contributed by atoms with E-state index in [0.717, 1.165) is 37.4 Å². The summed E-state index contributed by atoms with van der Waals surface area (Å²) in [7, 11) is 1.14. The van der Waals surface area contributed by atoms with Crippen LogP contribution >= 0.6 is 0 Å². The highest BCUT2D eigenvalue weighted by Gasteiger charge is 2.38. The van der Waals surface area contributed by atoms with Crippen molar-refractivity contribution in [3.63, 3.8) is 0 Å². The number of amides is 1. The molecule has 4 atom stereocenters. The van der Waals surface area contributed by atoms with Gasteiger partial charge in [0.2, 0.25) is 6.29 Å². The van der Waals surface area contributed by atoms with Crippen LogP contribution in [0.2, 0.25) is 0 Å². The lowest BCUT2D eigenvalue weighted by Crippen LogP contribution is -2.44. The molecule has 1 fully saturated rings. The molecule has 1 amide bonds. The lowest BCUT2D eigenvalue weighted by molar-refractivity contribution is -0.386. The van der Waals surface area contributed by atoms with Gasteiger partial charge in [0.05, 0.1) is 23.5 Å². The standard InChI is InChI=1S/C29H33N3O15/c1-16(33)42-20-13-23(26(34)41-5)45-25(14-20)44-22-11-6-17(12-21(22)32(39)40)24(15-30-27(35)47-29(2,3)4)46-28(36)43-19-9-7-18(8-10-19)31(37)38/h6-12,20,23-25H,13-15H2,1-5H3,(H,30,35). The first kappa shape index (κ1) is 36.0. The fraction of sp³-hybridized carbons (Fsp3) is 0.448. The molecule has 1 aliphatic rings. The van der Waals surface area contributed by atoms with Gasteiger partial charge in [-0.25, -0.2) is 14.4 Å². The van der Waals surface area contributed by atoms with Gasteiger partial charge < -0.3 is 38.5 Å². The Bertz CT molecular complexity index is 1490. The highest BCUT2D eigenvalue weighted by atomic mass is 16.7. The molecule has 18 nitrogen and oxygen atoms in total. The Hall–Kier alpha value is -5.52.